The highest BCUT2D eigenvalue weighted by molar-refractivity contribution is 5.63. The van der Waals surface area contributed by atoms with Crippen molar-refractivity contribution in [3.05, 3.63) is 29.8 Å². The summed E-state index contributed by atoms with van der Waals surface area (Å²) in [5.41, 5.74) is 5.89. The zero-order chi connectivity index (χ0) is 13.8. The van der Waals surface area contributed by atoms with Crippen molar-refractivity contribution < 1.29 is 18.4 Å². The second-order valence-corrected chi connectivity index (χ2v) is 3.84. The second-order valence-electron chi connectivity index (χ2n) is 3.84. The molecule has 1 heterocycles. The van der Waals surface area contributed by atoms with Crippen molar-refractivity contribution in [1.29, 1.82) is 0 Å². The van der Waals surface area contributed by atoms with Crippen LogP contribution in [0.4, 0.5) is 4.39 Å². The van der Waals surface area contributed by atoms with E-state index in [4.69, 9.17) is 19.7 Å². The van der Waals surface area contributed by atoms with Crippen LogP contribution in [0.1, 0.15) is 11.9 Å². The lowest BCUT2D eigenvalue weighted by Crippen LogP contribution is -2.17. The molecule has 0 bridgehead atoms. The van der Waals surface area contributed by atoms with Gasteiger partial charge in [-0.1, -0.05) is 11.2 Å². The first-order valence-corrected chi connectivity index (χ1v) is 5.58. The average Bonchev–Trinajstić information content (AvgIpc) is 2.88. The summed E-state index contributed by atoms with van der Waals surface area (Å²) in [7, 11) is 2.95. The summed E-state index contributed by atoms with van der Waals surface area (Å²) in [6.45, 7) is 0.243. The van der Waals surface area contributed by atoms with Gasteiger partial charge in [0.25, 0.3) is 5.89 Å². The summed E-state index contributed by atoms with van der Waals surface area (Å²) in [6, 6.07) is 3.90. The molecular weight excluding hydrogens is 253 g/mol. The van der Waals surface area contributed by atoms with E-state index in [0.717, 1.165) is 0 Å². The molecule has 0 radical (unpaired) electrons. The van der Waals surface area contributed by atoms with Crippen molar-refractivity contribution in [1.82, 2.24) is 10.1 Å². The number of nitrogens with zero attached hydrogens (tertiary/aromatic N) is 2. The lowest BCUT2D eigenvalue weighted by molar-refractivity contribution is 0.177. The van der Waals surface area contributed by atoms with Gasteiger partial charge >= 0.3 is 0 Å². The zero-order valence-electron chi connectivity index (χ0n) is 10.6. The molecule has 1 aromatic heterocycles. The number of hydrogen-bond acceptors (Lipinski definition) is 6. The summed E-state index contributed by atoms with van der Waals surface area (Å²) in [5, 5.41) is 3.71. The highest BCUT2D eigenvalue weighted by atomic mass is 19.1. The normalized spacial score (nSPS) is 12.4. The van der Waals surface area contributed by atoms with Crippen LogP contribution in [-0.2, 0) is 4.74 Å². The first kappa shape index (κ1) is 13.4. The SMILES string of the molecule is COCC(N)c1noc(-c2c(F)cccc2OC)n1. The Kier molecular flexibility index (Phi) is 4.08. The summed E-state index contributed by atoms with van der Waals surface area (Å²) in [5.74, 6) is 0.0871. The van der Waals surface area contributed by atoms with Crippen molar-refractivity contribution in [2.75, 3.05) is 20.8 Å². The third kappa shape index (κ3) is 2.72. The minimum absolute atomic E-state index is 0.0245. The molecule has 19 heavy (non-hydrogen) atoms. The molecule has 102 valence electrons. The van der Waals surface area contributed by atoms with Gasteiger partial charge in [-0.15, -0.1) is 0 Å². The van der Waals surface area contributed by atoms with E-state index < -0.39 is 11.9 Å². The number of halogens is 1. The lowest BCUT2D eigenvalue weighted by atomic mass is 10.2. The molecule has 0 aliphatic heterocycles. The third-order valence-electron chi connectivity index (χ3n) is 2.53. The Morgan fingerprint density at radius 1 is 1.42 bits per heavy atom. The Hall–Kier alpha value is -1.99. The number of hydrogen-bond donors (Lipinski definition) is 1. The minimum atomic E-state index is -0.528. The van der Waals surface area contributed by atoms with Gasteiger partial charge < -0.3 is 19.7 Å². The van der Waals surface area contributed by atoms with Crippen LogP contribution in [0.5, 0.6) is 5.75 Å². The molecular formula is C12H14FN3O3. The largest absolute Gasteiger partial charge is 0.496 e. The second kappa shape index (κ2) is 5.77. The fourth-order valence-electron chi connectivity index (χ4n) is 1.62. The summed E-state index contributed by atoms with van der Waals surface area (Å²) in [6.07, 6.45) is 0. The van der Waals surface area contributed by atoms with Crippen molar-refractivity contribution in [3.63, 3.8) is 0 Å². The van der Waals surface area contributed by atoms with Gasteiger partial charge in [-0.05, 0) is 12.1 Å². The Morgan fingerprint density at radius 3 is 2.89 bits per heavy atom. The van der Waals surface area contributed by atoms with Gasteiger partial charge in [0.2, 0.25) is 0 Å². The fourth-order valence-corrected chi connectivity index (χ4v) is 1.62. The van der Waals surface area contributed by atoms with Crippen LogP contribution in [0.2, 0.25) is 0 Å². The van der Waals surface area contributed by atoms with Gasteiger partial charge in [0.15, 0.2) is 5.82 Å². The van der Waals surface area contributed by atoms with Crippen LogP contribution < -0.4 is 10.5 Å². The summed E-state index contributed by atoms with van der Waals surface area (Å²) < 4.78 is 28.8. The van der Waals surface area contributed by atoms with Gasteiger partial charge in [0.05, 0.1) is 19.8 Å². The van der Waals surface area contributed by atoms with Gasteiger partial charge in [0.1, 0.15) is 17.1 Å². The lowest BCUT2D eigenvalue weighted by Gasteiger charge is -2.05. The number of benzene rings is 1. The van der Waals surface area contributed by atoms with Crippen molar-refractivity contribution >= 4 is 0 Å². The molecule has 6 nitrogen and oxygen atoms in total. The first-order chi connectivity index (χ1) is 9.17. The average molecular weight is 267 g/mol. The van der Waals surface area contributed by atoms with Gasteiger partial charge in [0, 0.05) is 7.11 Å². The fraction of sp³-hybridized carbons (Fsp3) is 0.333. The molecule has 1 atom stereocenters. The molecule has 7 heteroatoms. The summed E-state index contributed by atoms with van der Waals surface area (Å²) in [4.78, 5) is 4.07. The molecule has 0 saturated heterocycles. The molecule has 0 fully saturated rings. The van der Waals surface area contributed by atoms with Crippen molar-refractivity contribution in [3.8, 4) is 17.2 Å². The Labute approximate surface area is 109 Å². The van der Waals surface area contributed by atoms with Gasteiger partial charge in [-0.3, -0.25) is 0 Å². The topological polar surface area (TPSA) is 83.4 Å². The molecule has 2 rings (SSSR count). The number of rotatable bonds is 5. The van der Waals surface area contributed by atoms with E-state index >= 15 is 0 Å². The molecule has 1 unspecified atom stereocenters. The Balaban J connectivity index is 2.38. The van der Waals surface area contributed by atoms with E-state index in [1.807, 2.05) is 0 Å². The van der Waals surface area contributed by atoms with Crippen molar-refractivity contribution in [2.24, 2.45) is 5.73 Å². The highest BCUT2D eigenvalue weighted by Gasteiger charge is 2.20. The van der Waals surface area contributed by atoms with Crippen molar-refractivity contribution in [2.45, 2.75) is 6.04 Å². The van der Waals surface area contributed by atoms with E-state index in [0.29, 0.717) is 5.75 Å². The van der Waals surface area contributed by atoms with E-state index in [2.05, 4.69) is 10.1 Å². The maximum absolute atomic E-state index is 13.8. The van der Waals surface area contributed by atoms with Gasteiger partial charge in [-0.25, -0.2) is 4.39 Å². The molecule has 2 N–H and O–H groups in total. The molecule has 1 aromatic carbocycles. The molecule has 0 spiro atoms. The summed E-state index contributed by atoms with van der Waals surface area (Å²) >= 11 is 0. The molecule has 0 aliphatic rings. The number of nitrogens with two attached hydrogens (primary N) is 1. The van der Waals surface area contributed by atoms with E-state index in [9.17, 15) is 4.39 Å². The first-order valence-electron chi connectivity index (χ1n) is 5.58. The quantitative estimate of drug-likeness (QED) is 0.884. The van der Waals surface area contributed by atoms with Crippen LogP contribution in [0.3, 0.4) is 0 Å². The Bertz CT molecular complexity index is 559. The number of aromatic nitrogens is 2. The van der Waals surface area contributed by atoms with E-state index in [-0.39, 0.29) is 23.9 Å². The molecule has 0 saturated carbocycles. The van der Waals surface area contributed by atoms with Gasteiger partial charge in [-0.2, -0.15) is 4.98 Å². The van der Waals surface area contributed by atoms with Crippen LogP contribution >= 0.6 is 0 Å². The van der Waals surface area contributed by atoms with Crippen LogP contribution in [-0.4, -0.2) is 31.0 Å². The third-order valence-corrected chi connectivity index (χ3v) is 2.53. The number of ether oxygens (including phenoxy) is 2. The van der Waals surface area contributed by atoms with Crippen LogP contribution in [0, 0.1) is 5.82 Å². The highest BCUT2D eigenvalue weighted by Crippen LogP contribution is 2.31. The molecule has 2 aromatic rings. The zero-order valence-corrected chi connectivity index (χ0v) is 10.6. The standard InChI is InChI=1S/C12H14FN3O3/c1-17-6-8(14)11-15-12(19-16-11)10-7(13)4-3-5-9(10)18-2/h3-5,8H,6,14H2,1-2H3. The minimum Gasteiger partial charge on any atom is -0.496 e. The maximum atomic E-state index is 13.8. The predicted octanol–water partition coefficient (Wildman–Crippen LogP) is 1.53. The van der Waals surface area contributed by atoms with Crippen LogP contribution in [0.15, 0.2) is 22.7 Å². The molecule has 0 amide bonds. The maximum Gasteiger partial charge on any atom is 0.264 e. The Morgan fingerprint density at radius 2 is 2.21 bits per heavy atom. The monoisotopic (exact) mass is 267 g/mol. The van der Waals surface area contributed by atoms with E-state index in [1.54, 1.807) is 6.07 Å². The predicted molar refractivity (Wildman–Crippen MR) is 65.0 cm³/mol. The number of methoxy groups -OCH3 is 2. The molecule has 0 aliphatic carbocycles. The van der Waals surface area contributed by atoms with E-state index in [1.165, 1.54) is 26.4 Å². The van der Waals surface area contributed by atoms with Crippen LogP contribution in [0.25, 0.3) is 11.5 Å². The smallest absolute Gasteiger partial charge is 0.264 e.